The van der Waals surface area contributed by atoms with Crippen molar-refractivity contribution in [3.05, 3.63) is 30.1 Å². The molecule has 1 aromatic heterocycles. The van der Waals surface area contributed by atoms with Gasteiger partial charge in [0.15, 0.2) is 0 Å². The average Bonchev–Trinajstić information content (AvgIpc) is 2.44. The molecular weight excluding hydrogens is 256 g/mol. The van der Waals surface area contributed by atoms with E-state index in [-0.39, 0.29) is 5.91 Å². The summed E-state index contributed by atoms with van der Waals surface area (Å²) < 4.78 is 4.71. The minimum Gasteiger partial charge on any atom is -0.467 e. The number of hydrogen-bond acceptors (Lipinski definition) is 4. The Morgan fingerprint density at radius 1 is 1.40 bits per heavy atom. The van der Waals surface area contributed by atoms with Crippen molar-refractivity contribution in [2.45, 2.75) is 39.2 Å². The first kappa shape index (κ1) is 16.1. The fourth-order valence-corrected chi connectivity index (χ4v) is 1.90. The molecule has 0 saturated heterocycles. The lowest BCUT2D eigenvalue weighted by atomic mass is 10.0. The highest BCUT2D eigenvalue weighted by Crippen LogP contribution is 2.07. The van der Waals surface area contributed by atoms with Crippen LogP contribution >= 0.6 is 0 Å². The van der Waals surface area contributed by atoms with Gasteiger partial charge in [0.2, 0.25) is 5.91 Å². The number of hydrogen-bond donors (Lipinski definition) is 1. The second-order valence-electron chi connectivity index (χ2n) is 5.13. The van der Waals surface area contributed by atoms with Gasteiger partial charge in [0.25, 0.3) is 0 Å². The van der Waals surface area contributed by atoms with Crippen molar-refractivity contribution in [1.29, 1.82) is 0 Å². The number of pyridine rings is 1. The molecule has 0 bridgehead atoms. The summed E-state index contributed by atoms with van der Waals surface area (Å²) in [6.45, 7) is 4.00. The Bertz CT molecular complexity index is 432. The normalized spacial score (nSPS) is 12.0. The number of aromatic nitrogens is 1. The average molecular weight is 278 g/mol. The van der Waals surface area contributed by atoms with Gasteiger partial charge in [-0.05, 0) is 30.4 Å². The Hall–Kier alpha value is -1.91. The van der Waals surface area contributed by atoms with E-state index in [0.717, 1.165) is 5.56 Å². The minimum absolute atomic E-state index is 0.148. The van der Waals surface area contributed by atoms with Gasteiger partial charge in [-0.25, -0.2) is 4.79 Å². The third-order valence-corrected chi connectivity index (χ3v) is 2.89. The highest BCUT2D eigenvalue weighted by atomic mass is 16.5. The fourth-order valence-electron chi connectivity index (χ4n) is 1.90. The van der Waals surface area contributed by atoms with Crippen LogP contribution in [0.5, 0.6) is 0 Å². The van der Waals surface area contributed by atoms with Crippen molar-refractivity contribution in [2.75, 3.05) is 7.11 Å². The molecule has 5 nitrogen and oxygen atoms in total. The monoisotopic (exact) mass is 278 g/mol. The van der Waals surface area contributed by atoms with E-state index in [9.17, 15) is 9.59 Å². The number of amides is 1. The summed E-state index contributed by atoms with van der Waals surface area (Å²) in [5.41, 5.74) is 1.00. The molecule has 1 heterocycles. The molecule has 110 valence electrons. The summed E-state index contributed by atoms with van der Waals surface area (Å²) in [7, 11) is 1.33. The molecule has 0 fully saturated rings. The molecule has 20 heavy (non-hydrogen) atoms. The molecule has 1 aromatic rings. The Kier molecular flexibility index (Phi) is 6.70. The van der Waals surface area contributed by atoms with E-state index in [1.165, 1.54) is 7.11 Å². The summed E-state index contributed by atoms with van der Waals surface area (Å²) in [6, 6.07) is 3.19. The van der Waals surface area contributed by atoms with Crippen LogP contribution in [0.1, 0.15) is 32.3 Å². The summed E-state index contributed by atoms with van der Waals surface area (Å²) in [4.78, 5) is 27.5. The van der Waals surface area contributed by atoms with Gasteiger partial charge in [0.05, 0.1) is 7.11 Å². The van der Waals surface area contributed by atoms with Crippen molar-refractivity contribution in [1.82, 2.24) is 10.3 Å². The SMILES string of the molecule is COC(=O)C(CC(C)C)NC(=O)CCc1cccnc1. The van der Waals surface area contributed by atoms with Crippen LogP contribution < -0.4 is 5.32 Å². The zero-order valence-corrected chi connectivity index (χ0v) is 12.3. The van der Waals surface area contributed by atoms with Crippen LogP contribution in [0.3, 0.4) is 0 Å². The smallest absolute Gasteiger partial charge is 0.328 e. The predicted molar refractivity (Wildman–Crippen MR) is 76.0 cm³/mol. The van der Waals surface area contributed by atoms with Gasteiger partial charge in [0, 0.05) is 18.8 Å². The summed E-state index contributed by atoms with van der Waals surface area (Å²) in [5.74, 6) is -0.240. The van der Waals surface area contributed by atoms with E-state index in [4.69, 9.17) is 4.74 Å². The highest BCUT2D eigenvalue weighted by Gasteiger charge is 2.22. The summed E-state index contributed by atoms with van der Waals surface area (Å²) >= 11 is 0. The van der Waals surface area contributed by atoms with Crippen LogP contribution in [0.25, 0.3) is 0 Å². The van der Waals surface area contributed by atoms with Gasteiger partial charge in [-0.15, -0.1) is 0 Å². The quantitative estimate of drug-likeness (QED) is 0.771. The maximum atomic E-state index is 11.9. The van der Waals surface area contributed by atoms with Gasteiger partial charge in [0.1, 0.15) is 6.04 Å². The van der Waals surface area contributed by atoms with Crippen molar-refractivity contribution in [2.24, 2.45) is 5.92 Å². The highest BCUT2D eigenvalue weighted by molar-refractivity contribution is 5.84. The first-order valence-corrected chi connectivity index (χ1v) is 6.79. The number of ether oxygens (including phenoxy) is 1. The maximum Gasteiger partial charge on any atom is 0.328 e. The number of carbonyl (C=O) groups excluding carboxylic acids is 2. The summed E-state index contributed by atoms with van der Waals surface area (Å²) in [6.07, 6.45) is 4.94. The summed E-state index contributed by atoms with van der Waals surface area (Å²) in [5, 5.41) is 2.74. The largest absolute Gasteiger partial charge is 0.467 e. The van der Waals surface area contributed by atoms with Crippen molar-refractivity contribution < 1.29 is 14.3 Å². The van der Waals surface area contributed by atoms with E-state index >= 15 is 0 Å². The molecule has 0 aliphatic heterocycles. The third kappa shape index (κ3) is 5.82. The maximum absolute atomic E-state index is 11.9. The van der Waals surface area contributed by atoms with Gasteiger partial charge < -0.3 is 10.1 Å². The molecule has 0 aromatic carbocycles. The molecular formula is C15H22N2O3. The van der Waals surface area contributed by atoms with Gasteiger partial charge in [-0.3, -0.25) is 9.78 Å². The molecule has 0 aliphatic rings. The zero-order chi connectivity index (χ0) is 15.0. The van der Waals surface area contributed by atoms with Crippen LogP contribution in [-0.4, -0.2) is 30.0 Å². The first-order chi connectivity index (χ1) is 9.52. The molecule has 1 atom stereocenters. The molecule has 1 amide bonds. The molecule has 0 radical (unpaired) electrons. The fraction of sp³-hybridized carbons (Fsp3) is 0.533. The van der Waals surface area contributed by atoms with E-state index < -0.39 is 12.0 Å². The first-order valence-electron chi connectivity index (χ1n) is 6.79. The minimum atomic E-state index is -0.568. The lowest BCUT2D eigenvalue weighted by molar-refractivity contribution is -0.145. The van der Waals surface area contributed by atoms with E-state index in [0.29, 0.717) is 25.2 Å². The number of aryl methyl sites for hydroxylation is 1. The molecule has 1 rings (SSSR count). The van der Waals surface area contributed by atoms with E-state index in [1.807, 2.05) is 26.0 Å². The van der Waals surface area contributed by atoms with Crippen LogP contribution in [0.15, 0.2) is 24.5 Å². The number of nitrogens with zero attached hydrogens (tertiary/aromatic N) is 1. The number of rotatable bonds is 7. The lowest BCUT2D eigenvalue weighted by Crippen LogP contribution is -2.42. The number of nitrogens with one attached hydrogen (secondary N) is 1. The van der Waals surface area contributed by atoms with Crippen molar-refractivity contribution >= 4 is 11.9 Å². The molecule has 1 N–H and O–H groups in total. The molecule has 0 spiro atoms. The Labute approximate surface area is 119 Å². The van der Waals surface area contributed by atoms with Gasteiger partial charge in [-0.2, -0.15) is 0 Å². The molecule has 5 heteroatoms. The van der Waals surface area contributed by atoms with Crippen molar-refractivity contribution in [3.63, 3.8) is 0 Å². The van der Waals surface area contributed by atoms with E-state index in [1.54, 1.807) is 12.4 Å². The molecule has 1 unspecified atom stereocenters. The molecule has 0 saturated carbocycles. The zero-order valence-electron chi connectivity index (χ0n) is 12.3. The van der Waals surface area contributed by atoms with Gasteiger partial charge in [-0.1, -0.05) is 19.9 Å². The predicted octanol–water partition coefficient (Wildman–Crippen LogP) is 1.72. The number of esters is 1. The van der Waals surface area contributed by atoms with Crippen molar-refractivity contribution in [3.8, 4) is 0 Å². The molecule has 0 aliphatic carbocycles. The second-order valence-corrected chi connectivity index (χ2v) is 5.13. The number of carbonyl (C=O) groups is 2. The van der Waals surface area contributed by atoms with Crippen LogP contribution in [0, 0.1) is 5.92 Å². The third-order valence-electron chi connectivity index (χ3n) is 2.89. The second kappa shape index (κ2) is 8.30. The van der Waals surface area contributed by atoms with Crippen LogP contribution in [0.2, 0.25) is 0 Å². The van der Waals surface area contributed by atoms with Crippen LogP contribution in [0.4, 0.5) is 0 Å². The lowest BCUT2D eigenvalue weighted by Gasteiger charge is -2.18. The Balaban J connectivity index is 2.47. The number of methoxy groups -OCH3 is 1. The topological polar surface area (TPSA) is 68.3 Å². The standard InChI is InChI=1S/C15H22N2O3/c1-11(2)9-13(15(19)20-3)17-14(18)7-6-12-5-4-8-16-10-12/h4-5,8,10-11,13H,6-7,9H2,1-3H3,(H,17,18). The Morgan fingerprint density at radius 3 is 2.70 bits per heavy atom. The van der Waals surface area contributed by atoms with Crippen LogP contribution in [-0.2, 0) is 20.7 Å². The van der Waals surface area contributed by atoms with E-state index in [2.05, 4.69) is 10.3 Å². The van der Waals surface area contributed by atoms with Gasteiger partial charge >= 0.3 is 5.97 Å². The Morgan fingerprint density at radius 2 is 2.15 bits per heavy atom.